The van der Waals surface area contributed by atoms with Gasteiger partial charge < -0.3 is 14.5 Å². The van der Waals surface area contributed by atoms with Crippen molar-refractivity contribution < 1.29 is 27.1 Å². The van der Waals surface area contributed by atoms with Crippen molar-refractivity contribution in [1.29, 1.82) is 0 Å². The van der Waals surface area contributed by atoms with Gasteiger partial charge in [-0.1, -0.05) is 35.0 Å². The first-order valence-corrected chi connectivity index (χ1v) is 9.95. The molecule has 0 aliphatic rings. The van der Waals surface area contributed by atoms with Gasteiger partial charge in [-0.2, -0.15) is 13.2 Å². The summed E-state index contributed by atoms with van der Waals surface area (Å²) in [5.41, 5.74) is 0.679. The largest absolute Gasteiger partial charge is 0.482 e. The molecule has 0 fully saturated rings. The van der Waals surface area contributed by atoms with E-state index < -0.39 is 18.7 Å². The maximum atomic E-state index is 12.4. The zero-order valence-corrected chi connectivity index (χ0v) is 17.2. The number of ether oxygens (including phenoxy) is 1. The third-order valence-electron chi connectivity index (χ3n) is 3.43. The van der Waals surface area contributed by atoms with Gasteiger partial charge in [0.1, 0.15) is 5.75 Å². The average Bonchev–Trinajstić information content (AvgIpc) is 3.15. The number of amides is 1. The van der Waals surface area contributed by atoms with Gasteiger partial charge in [-0.05, 0) is 42.5 Å². The molecule has 0 saturated carbocycles. The zero-order chi connectivity index (χ0) is 21.7. The van der Waals surface area contributed by atoms with Gasteiger partial charge in [0.2, 0.25) is 11.8 Å². The molecule has 0 radical (unpaired) electrons. The van der Waals surface area contributed by atoms with E-state index in [0.717, 1.165) is 11.8 Å². The summed E-state index contributed by atoms with van der Waals surface area (Å²) in [5, 5.41) is 11.1. The number of aromatic nitrogens is 2. The highest BCUT2D eigenvalue weighted by molar-refractivity contribution is 7.99. The minimum absolute atomic E-state index is 0.0183. The van der Waals surface area contributed by atoms with Crippen LogP contribution in [0.1, 0.15) is 0 Å². The highest BCUT2D eigenvalue weighted by Gasteiger charge is 2.29. The van der Waals surface area contributed by atoms with Crippen LogP contribution in [0, 0.1) is 0 Å². The quantitative estimate of drug-likeness (QED) is 0.438. The van der Waals surface area contributed by atoms with Crippen LogP contribution in [0.4, 0.5) is 18.9 Å². The molecular weight excluding hydrogens is 466 g/mol. The molecule has 0 unspecified atom stereocenters. The number of alkyl halides is 3. The molecule has 0 bridgehead atoms. The second-order valence-electron chi connectivity index (χ2n) is 5.76. The number of benzene rings is 2. The number of nitrogens with zero attached hydrogens (tertiary/aromatic N) is 2. The Bertz CT molecular complexity index is 1030. The van der Waals surface area contributed by atoms with Crippen molar-refractivity contribution >= 4 is 46.6 Å². The Morgan fingerprint density at radius 3 is 2.50 bits per heavy atom. The predicted octanol–water partition coefficient (Wildman–Crippen LogP) is 5.72. The Morgan fingerprint density at radius 2 is 1.80 bits per heavy atom. The summed E-state index contributed by atoms with van der Waals surface area (Å²) in [6, 6.07) is 10.6. The lowest BCUT2D eigenvalue weighted by Crippen LogP contribution is -2.20. The molecule has 1 aromatic heterocycles. The highest BCUT2D eigenvalue weighted by Crippen LogP contribution is 2.30. The topological polar surface area (TPSA) is 77.2 Å². The fourth-order valence-electron chi connectivity index (χ4n) is 2.18. The van der Waals surface area contributed by atoms with Crippen molar-refractivity contribution in [3.8, 4) is 17.2 Å². The molecule has 3 aromatic rings. The number of halogens is 5. The normalized spacial score (nSPS) is 11.4. The zero-order valence-electron chi connectivity index (χ0n) is 14.9. The lowest BCUT2D eigenvalue weighted by atomic mass is 10.2. The van der Waals surface area contributed by atoms with Crippen molar-refractivity contribution in [1.82, 2.24) is 10.2 Å². The third-order valence-corrected chi connectivity index (χ3v) is 4.74. The summed E-state index contributed by atoms with van der Waals surface area (Å²) in [7, 11) is 0. The molecule has 0 atom stereocenters. The van der Waals surface area contributed by atoms with Crippen LogP contribution in [-0.4, -0.2) is 34.6 Å². The van der Waals surface area contributed by atoms with E-state index >= 15 is 0 Å². The first-order chi connectivity index (χ1) is 14.2. The number of carbonyl (C=O) groups is 1. The number of thioether (sulfide) groups is 1. The number of hydrogen-bond acceptors (Lipinski definition) is 6. The summed E-state index contributed by atoms with van der Waals surface area (Å²) >= 11 is 12.7. The highest BCUT2D eigenvalue weighted by atomic mass is 35.5. The number of hydrogen-bond donors (Lipinski definition) is 1. The molecule has 12 heteroatoms. The molecule has 3 rings (SSSR count). The van der Waals surface area contributed by atoms with Crippen LogP contribution in [0.15, 0.2) is 52.1 Å². The Morgan fingerprint density at radius 1 is 1.10 bits per heavy atom. The summed E-state index contributed by atoms with van der Waals surface area (Å²) in [6.07, 6.45) is -4.52. The second-order valence-corrected chi connectivity index (χ2v) is 7.56. The van der Waals surface area contributed by atoms with Gasteiger partial charge in [-0.25, -0.2) is 0 Å². The molecule has 0 spiro atoms. The van der Waals surface area contributed by atoms with Gasteiger partial charge in [0.15, 0.2) is 6.61 Å². The van der Waals surface area contributed by atoms with E-state index in [0.29, 0.717) is 10.6 Å². The molecule has 0 saturated heterocycles. The molecule has 6 nitrogen and oxygen atoms in total. The maximum Gasteiger partial charge on any atom is 0.422 e. The number of nitrogens with one attached hydrogen (secondary N) is 1. The molecule has 30 heavy (non-hydrogen) atoms. The predicted molar refractivity (Wildman–Crippen MR) is 107 cm³/mol. The van der Waals surface area contributed by atoms with Crippen LogP contribution in [0.2, 0.25) is 10.0 Å². The molecular formula is C18H12Cl2F3N3O3S. The van der Waals surface area contributed by atoms with Crippen LogP contribution in [0.5, 0.6) is 5.75 Å². The fraction of sp³-hybridized carbons (Fsp3) is 0.167. The number of carbonyl (C=O) groups excluding carboxylic acids is 1. The van der Waals surface area contributed by atoms with Crippen LogP contribution in [-0.2, 0) is 4.79 Å². The van der Waals surface area contributed by atoms with E-state index in [2.05, 4.69) is 15.5 Å². The van der Waals surface area contributed by atoms with E-state index in [4.69, 9.17) is 32.4 Å². The Kier molecular flexibility index (Phi) is 7.11. The standard InChI is InChI=1S/C18H12Cl2F3N3O3S/c19-11-3-1-10(2-4-11)16-25-26-17(29-16)30-8-15(27)24-13-7-12(20)5-6-14(13)28-9-18(21,22)23/h1-7H,8-9H2,(H,24,27). The third kappa shape index (κ3) is 6.54. The molecule has 1 heterocycles. The first-order valence-electron chi connectivity index (χ1n) is 8.21. The molecule has 1 N–H and O–H groups in total. The SMILES string of the molecule is O=C(CSc1nnc(-c2ccc(Cl)cc2)o1)Nc1cc(Cl)ccc1OCC(F)(F)F. The molecule has 1 amide bonds. The van der Waals surface area contributed by atoms with Crippen molar-refractivity contribution in [2.45, 2.75) is 11.4 Å². The minimum Gasteiger partial charge on any atom is -0.482 e. The lowest BCUT2D eigenvalue weighted by Gasteiger charge is -2.14. The van der Waals surface area contributed by atoms with Crippen molar-refractivity contribution in [3.63, 3.8) is 0 Å². The second kappa shape index (κ2) is 9.59. The van der Waals surface area contributed by atoms with Gasteiger partial charge >= 0.3 is 6.18 Å². The Labute approximate surface area is 182 Å². The van der Waals surface area contributed by atoms with Crippen LogP contribution < -0.4 is 10.1 Å². The molecule has 0 aliphatic carbocycles. The number of anilines is 1. The van der Waals surface area contributed by atoms with E-state index in [-0.39, 0.29) is 33.3 Å². The van der Waals surface area contributed by atoms with Gasteiger partial charge in [0, 0.05) is 15.6 Å². The van der Waals surface area contributed by atoms with E-state index in [1.807, 2.05) is 0 Å². The minimum atomic E-state index is -4.52. The van der Waals surface area contributed by atoms with Crippen molar-refractivity contribution in [2.24, 2.45) is 0 Å². The van der Waals surface area contributed by atoms with Gasteiger partial charge in [0.25, 0.3) is 5.22 Å². The number of rotatable bonds is 7. The summed E-state index contributed by atoms with van der Waals surface area (Å²) < 4.78 is 47.4. The lowest BCUT2D eigenvalue weighted by molar-refractivity contribution is -0.153. The van der Waals surface area contributed by atoms with Crippen LogP contribution in [0.25, 0.3) is 11.5 Å². The monoisotopic (exact) mass is 477 g/mol. The summed E-state index contributed by atoms with van der Waals surface area (Å²) in [4.78, 5) is 12.2. The van der Waals surface area contributed by atoms with E-state index in [1.165, 1.54) is 18.2 Å². The van der Waals surface area contributed by atoms with Gasteiger partial charge in [-0.3, -0.25) is 4.79 Å². The van der Waals surface area contributed by atoms with Crippen LogP contribution >= 0.6 is 35.0 Å². The average molecular weight is 478 g/mol. The Balaban J connectivity index is 1.60. The molecule has 158 valence electrons. The fourth-order valence-corrected chi connectivity index (χ4v) is 3.04. The molecule has 0 aliphatic heterocycles. The first kappa shape index (κ1) is 22.3. The van der Waals surface area contributed by atoms with Crippen molar-refractivity contribution in [3.05, 3.63) is 52.5 Å². The van der Waals surface area contributed by atoms with E-state index in [1.54, 1.807) is 24.3 Å². The van der Waals surface area contributed by atoms with Crippen LogP contribution in [0.3, 0.4) is 0 Å². The molecule has 2 aromatic carbocycles. The van der Waals surface area contributed by atoms with Gasteiger partial charge in [0.05, 0.1) is 11.4 Å². The van der Waals surface area contributed by atoms with Gasteiger partial charge in [-0.15, -0.1) is 10.2 Å². The maximum absolute atomic E-state index is 12.4. The van der Waals surface area contributed by atoms with Crippen molar-refractivity contribution in [2.75, 3.05) is 17.7 Å². The summed E-state index contributed by atoms with van der Waals surface area (Å²) in [5.74, 6) is -0.552. The van der Waals surface area contributed by atoms with E-state index in [9.17, 15) is 18.0 Å². The summed E-state index contributed by atoms with van der Waals surface area (Å²) in [6.45, 7) is -1.50. The smallest absolute Gasteiger partial charge is 0.422 e. The Hall–Kier alpha value is -2.43.